The van der Waals surface area contributed by atoms with Gasteiger partial charge in [0.2, 0.25) is 0 Å². The fraction of sp³-hybridized carbons (Fsp3) is 0.500. The summed E-state index contributed by atoms with van der Waals surface area (Å²) in [4.78, 5) is 13.0. The average molecular weight is 268 g/mol. The molecule has 3 nitrogen and oxygen atoms in total. The van der Waals surface area contributed by atoms with Crippen molar-refractivity contribution in [3.05, 3.63) is 34.3 Å². The lowest BCUT2D eigenvalue weighted by Gasteiger charge is -2.16. The summed E-state index contributed by atoms with van der Waals surface area (Å²) in [6.07, 6.45) is 1.26. The second-order valence-electron chi connectivity index (χ2n) is 5.07. The van der Waals surface area contributed by atoms with Crippen LogP contribution in [0.1, 0.15) is 24.0 Å². The van der Waals surface area contributed by atoms with Crippen molar-refractivity contribution in [3.63, 3.8) is 0 Å². The van der Waals surface area contributed by atoms with E-state index in [-0.39, 0.29) is 6.42 Å². The van der Waals surface area contributed by atoms with Crippen molar-refractivity contribution < 1.29 is 9.90 Å². The van der Waals surface area contributed by atoms with Gasteiger partial charge in [0.1, 0.15) is 0 Å². The molecular formula is C14H18ClNO2. The number of rotatable bonds is 4. The van der Waals surface area contributed by atoms with E-state index in [0.29, 0.717) is 5.92 Å². The largest absolute Gasteiger partial charge is 0.481 e. The second kappa shape index (κ2) is 5.72. The number of carboxylic acids is 1. The summed E-state index contributed by atoms with van der Waals surface area (Å²) < 4.78 is 0. The molecular weight excluding hydrogens is 250 g/mol. The van der Waals surface area contributed by atoms with Crippen molar-refractivity contribution in [2.75, 3.05) is 13.1 Å². The zero-order valence-electron chi connectivity index (χ0n) is 10.5. The third-order valence-electron chi connectivity index (χ3n) is 3.48. The predicted molar refractivity (Wildman–Crippen MR) is 71.8 cm³/mol. The number of likely N-dealkylation sites (tertiary alicyclic amines) is 1. The maximum absolute atomic E-state index is 10.7. The summed E-state index contributed by atoms with van der Waals surface area (Å²) in [6, 6.07) is 6.12. The summed E-state index contributed by atoms with van der Waals surface area (Å²) in [6.45, 7) is 4.70. The first-order chi connectivity index (χ1) is 8.54. The van der Waals surface area contributed by atoms with Gasteiger partial charge in [0.05, 0.1) is 0 Å². The molecule has 0 aromatic heterocycles. The molecule has 0 saturated carbocycles. The fourth-order valence-electron chi connectivity index (χ4n) is 2.46. The molecule has 0 spiro atoms. The van der Waals surface area contributed by atoms with E-state index >= 15 is 0 Å². The van der Waals surface area contributed by atoms with Gasteiger partial charge in [-0.1, -0.05) is 23.7 Å². The Balaban J connectivity index is 1.91. The zero-order valence-corrected chi connectivity index (χ0v) is 11.3. The van der Waals surface area contributed by atoms with E-state index < -0.39 is 5.97 Å². The fourth-order valence-corrected chi connectivity index (χ4v) is 2.67. The van der Waals surface area contributed by atoms with E-state index in [1.165, 1.54) is 5.56 Å². The third kappa shape index (κ3) is 3.47. The topological polar surface area (TPSA) is 40.5 Å². The van der Waals surface area contributed by atoms with Gasteiger partial charge in [-0.25, -0.2) is 0 Å². The van der Waals surface area contributed by atoms with Gasteiger partial charge < -0.3 is 5.11 Å². The first kappa shape index (κ1) is 13.4. The van der Waals surface area contributed by atoms with Crippen LogP contribution < -0.4 is 0 Å². The number of benzene rings is 1. The van der Waals surface area contributed by atoms with E-state index in [9.17, 15) is 4.79 Å². The van der Waals surface area contributed by atoms with Crippen LogP contribution in [0.2, 0.25) is 5.02 Å². The van der Waals surface area contributed by atoms with Crippen molar-refractivity contribution in [3.8, 4) is 0 Å². The second-order valence-corrected chi connectivity index (χ2v) is 5.48. The molecule has 1 aromatic rings. The number of hydrogen-bond acceptors (Lipinski definition) is 2. The Morgan fingerprint density at radius 1 is 1.56 bits per heavy atom. The highest BCUT2D eigenvalue weighted by molar-refractivity contribution is 6.31. The molecule has 1 fully saturated rings. The van der Waals surface area contributed by atoms with Gasteiger partial charge in [0.25, 0.3) is 0 Å². The summed E-state index contributed by atoms with van der Waals surface area (Å²) in [7, 11) is 0. The molecule has 0 amide bonds. The molecule has 1 atom stereocenters. The molecule has 2 rings (SSSR count). The molecule has 1 aliphatic rings. The van der Waals surface area contributed by atoms with Crippen LogP contribution in [0.3, 0.4) is 0 Å². The summed E-state index contributed by atoms with van der Waals surface area (Å²) in [5.74, 6) is -0.399. The van der Waals surface area contributed by atoms with Crippen LogP contribution in [0.15, 0.2) is 18.2 Å². The molecule has 1 heterocycles. The SMILES string of the molecule is Cc1ccc(CN2CCC(CC(=O)O)C2)cc1Cl. The van der Waals surface area contributed by atoms with Crippen molar-refractivity contribution in [1.29, 1.82) is 0 Å². The van der Waals surface area contributed by atoms with Crippen LogP contribution in [0.4, 0.5) is 0 Å². The number of hydrogen-bond donors (Lipinski definition) is 1. The number of halogens is 1. The van der Waals surface area contributed by atoms with Gasteiger partial charge in [0, 0.05) is 24.5 Å². The zero-order chi connectivity index (χ0) is 13.1. The molecule has 18 heavy (non-hydrogen) atoms. The smallest absolute Gasteiger partial charge is 0.303 e. The Morgan fingerprint density at radius 2 is 2.33 bits per heavy atom. The molecule has 0 radical (unpaired) electrons. The standard InChI is InChI=1S/C14H18ClNO2/c1-10-2-3-11(6-13(10)15)8-16-5-4-12(9-16)7-14(17)18/h2-3,6,12H,4-5,7-9H2,1H3,(H,17,18). The number of nitrogens with zero attached hydrogens (tertiary/aromatic N) is 1. The molecule has 1 N–H and O–H groups in total. The summed E-state index contributed by atoms with van der Waals surface area (Å²) >= 11 is 6.10. The lowest BCUT2D eigenvalue weighted by molar-refractivity contribution is -0.138. The van der Waals surface area contributed by atoms with E-state index in [2.05, 4.69) is 11.0 Å². The number of carbonyl (C=O) groups is 1. The minimum absolute atomic E-state index is 0.283. The third-order valence-corrected chi connectivity index (χ3v) is 3.88. The van der Waals surface area contributed by atoms with Gasteiger partial charge in [-0.15, -0.1) is 0 Å². The molecule has 0 aliphatic carbocycles. The van der Waals surface area contributed by atoms with Crippen LogP contribution in [0.25, 0.3) is 0 Å². The van der Waals surface area contributed by atoms with E-state index in [4.69, 9.17) is 16.7 Å². The normalized spacial score (nSPS) is 20.2. The van der Waals surface area contributed by atoms with Gasteiger partial charge in [-0.05, 0) is 43.0 Å². The summed E-state index contributed by atoms with van der Waals surface area (Å²) in [5.41, 5.74) is 2.28. The molecule has 1 aliphatic heterocycles. The van der Waals surface area contributed by atoms with Crippen molar-refractivity contribution in [2.24, 2.45) is 5.92 Å². The predicted octanol–water partition coefficient (Wildman–Crippen LogP) is 2.95. The Bertz CT molecular complexity index is 447. The van der Waals surface area contributed by atoms with Crippen molar-refractivity contribution in [2.45, 2.75) is 26.3 Å². The average Bonchev–Trinajstić information content (AvgIpc) is 2.70. The Labute approximate surface area is 112 Å². The van der Waals surface area contributed by atoms with Crippen LogP contribution in [0.5, 0.6) is 0 Å². The summed E-state index contributed by atoms with van der Waals surface area (Å²) in [5, 5.41) is 9.58. The van der Waals surface area contributed by atoms with Crippen LogP contribution in [-0.4, -0.2) is 29.1 Å². The van der Waals surface area contributed by atoms with Crippen molar-refractivity contribution >= 4 is 17.6 Å². The highest BCUT2D eigenvalue weighted by atomic mass is 35.5. The first-order valence-electron chi connectivity index (χ1n) is 6.24. The Hall–Kier alpha value is -1.06. The lowest BCUT2D eigenvalue weighted by Crippen LogP contribution is -2.20. The van der Waals surface area contributed by atoms with Crippen LogP contribution in [-0.2, 0) is 11.3 Å². The quantitative estimate of drug-likeness (QED) is 0.912. The highest BCUT2D eigenvalue weighted by Gasteiger charge is 2.24. The van der Waals surface area contributed by atoms with Gasteiger partial charge >= 0.3 is 5.97 Å². The van der Waals surface area contributed by atoms with Gasteiger partial charge in [-0.3, -0.25) is 9.69 Å². The Kier molecular flexibility index (Phi) is 4.25. The van der Waals surface area contributed by atoms with Crippen LogP contribution in [0, 0.1) is 12.8 Å². The molecule has 0 bridgehead atoms. The lowest BCUT2D eigenvalue weighted by atomic mass is 10.1. The number of aliphatic carboxylic acids is 1. The minimum Gasteiger partial charge on any atom is -0.481 e. The molecule has 98 valence electrons. The molecule has 1 saturated heterocycles. The number of carboxylic acid groups (broad SMARTS) is 1. The Morgan fingerprint density at radius 3 is 3.00 bits per heavy atom. The molecule has 1 aromatic carbocycles. The monoisotopic (exact) mass is 267 g/mol. The first-order valence-corrected chi connectivity index (χ1v) is 6.61. The van der Waals surface area contributed by atoms with E-state index in [0.717, 1.165) is 36.6 Å². The molecule has 4 heteroatoms. The number of aryl methyl sites for hydroxylation is 1. The van der Waals surface area contributed by atoms with Gasteiger partial charge in [-0.2, -0.15) is 0 Å². The maximum atomic E-state index is 10.7. The van der Waals surface area contributed by atoms with Crippen molar-refractivity contribution in [1.82, 2.24) is 4.90 Å². The van der Waals surface area contributed by atoms with Gasteiger partial charge in [0.15, 0.2) is 0 Å². The van der Waals surface area contributed by atoms with E-state index in [1.807, 2.05) is 19.1 Å². The maximum Gasteiger partial charge on any atom is 0.303 e. The van der Waals surface area contributed by atoms with E-state index in [1.54, 1.807) is 0 Å². The highest BCUT2D eigenvalue weighted by Crippen LogP contribution is 2.23. The van der Waals surface area contributed by atoms with Crippen LogP contribution >= 0.6 is 11.6 Å². The molecule has 1 unspecified atom stereocenters. The minimum atomic E-state index is -0.694.